The molecule has 27 heavy (non-hydrogen) atoms. The maximum absolute atomic E-state index is 12.4. The largest absolute Gasteiger partial charge is 0.271 e. The first-order valence-corrected chi connectivity index (χ1v) is 9.43. The quantitative estimate of drug-likeness (QED) is 0.698. The minimum absolute atomic E-state index is 0.184. The molecule has 8 heteroatoms. The van der Waals surface area contributed by atoms with E-state index < -0.39 is 6.04 Å². The summed E-state index contributed by atoms with van der Waals surface area (Å²) < 4.78 is 0. The zero-order valence-electron chi connectivity index (χ0n) is 14.9. The summed E-state index contributed by atoms with van der Waals surface area (Å²) in [6.45, 7) is 3.95. The first kappa shape index (κ1) is 17.3. The van der Waals surface area contributed by atoms with E-state index in [9.17, 15) is 4.79 Å². The summed E-state index contributed by atoms with van der Waals surface area (Å²) in [5.74, 6) is -0.184. The second-order valence-corrected chi connectivity index (χ2v) is 7.18. The molecule has 3 heterocycles. The zero-order chi connectivity index (χ0) is 18.8. The molecule has 0 spiro atoms. The monoisotopic (exact) mass is 378 g/mol. The molecular formula is C19H18N6OS. The molecule has 2 atom stereocenters. The molecule has 1 aliphatic heterocycles. The number of hydrazine groups is 1. The second kappa shape index (κ2) is 7.24. The minimum Gasteiger partial charge on any atom is -0.271 e. The highest BCUT2D eigenvalue weighted by molar-refractivity contribution is 7.14. The highest BCUT2D eigenvalue weighted by Crippen LogP contribution is 2.30. The van der Waals surface area contributed by atoms with Gasteiger partial charge in [-0.05, 0) is 38.1 Å². The van der Waals surface area contributed by atoms with Crippen LogP contribution in [0.5, 0.6) is 0 Å². The number of hydrogen-bond donors (Lipinski definition) is 1. The van der Waals surface area contributed by atoms with E-state index >= 15 is 0 Å². The molecule has 1 N–H and O–H groups in total. The molecule has 0 saturated carbocycles. The fraction of sp³-hybridized carbons (Fsp3) is 0.211. The Hall–Kier alpha value is -3.13. The summed E-state index contributed by atoms with van der Waals surface area (Å²) >= 11 is 1.47. The lowest BCUT2D eigenvalue weighted by molar-refractivity contribution is -0.120. The maximum Gasteiger partial charge on any atom is 0.267 e. The van der Waals surface area contributed by atoms with Crippen molar-refractivity contribution in [3.8, 4) is 11.3 Å². The van der Waals surface area contributed by atoms with Gasteiger partial charge in [-0.3, -0.25) is 20.2 Å². The maximum atomic E-state index is 12.4. The number of thiazole rings is 1. The van der Waals surface area contributed by atoms with Crippen molar-refractivity contribution in [1.82, 2.24) is 15.4 Å². The molecule has 0 aliphatic carbocycles. The standard InChI is InChI=1S/C19H18N6OS/c1-12-5-7-15(8-6-12)22-23-17-13(2)25(24-18(17)26)19-21-16(11-27-19)14-4-3-9-20-10-14/h3-11,13,17H,1-2H3,(H,24,26). The number of carbonyl (C=O) groups is 1. The van der Waals surface area contributed by atoms with Crippen molar-refractivity contribution in [2.24, 2.45) is 10.2 Å². The predicted molar refractivity (Wildman–Crippen MR) is 105 cm³/mol. The first-order valence-electron chi connectivity index (χ1n) is 8.55. The number of aromatic nitrogens is 2. The van der Waals surface area contributed by atoms with Crippen molar-refractivity contribution in [3.05, 3.63) is 59.7 Å². The van der Waals surface area contributed by atoms with Gasteiger partial charge < -0.3 is 0 Å². The molecule has 3 aromatic rings. The van der Waals surface area contributed by atoms with E-state index in [0.29, 0.717) is 5.13 Å². The van der Waals surface area contributed by atoms with E-state index in [4.69, 9.17) is 0 Å². The number of hydrogen-bond acceptors (Lipinski definition) is 7. The Morgan fingerprint density at radius 1 is 1.22 bits per heavy atom. The first-order chi connectivity index (χ1) is 13.1. The van der Waals surface area contributed by atoms with Crippen LogP contribution in [0.15, 0.2) is 64.4 Å². The van der Waals surface area contributed by atoms with Gasteiger partial charge in [-0.15, -0.1) is 11.3 Å². The van der Waals surface area contributed by atoms with Gasteiger partial charge in [0.15, 0.2) is 6.04 Å². The number of pyridine rings is 1. The number of amides is 1. The minimum atomic E-state index is -0.586. The van der Waals surface area contributed by atoms with Crippen LogP contribution in [0.4, 0.5) is 10.8 Å². The Morgan fingerprint density at radius 2 is 2.04 bits per heavy atom. The number of anilines is 1. The third kappa shape index (κ3) is 3.56. The van der Waals surface area contributed by atoms with Gasteiger partial charge in [-0.1, -0.05) is 17.7 Å². The van der Waals surface area contributed by atoms with Gasteiger partial charge in [0.2, 0.25) is 5.13 Å². The van der Waals surface area contributed by atoms with E-state index in [1.54, 1.807) is 17.4 Å². The summed E-state index contributed by atoms with van der Waals surface area (Å²) in [5, 5.41) is 12.9. The van der Waals surface area contributed by atoms with Crippen molar-refractivity contribution >= 4 is 28.1 Å². The summed E-state index contributed by atoms with van der Waals surface area (Å²) in [6, 6.07) is 10.7. The van der Waals surface area contributed by atoms with E-state index in [0.717, 1.165) is 22.5 Å². The zero-order valence-corrected chi connectivity index (χ0v) is 15.7. The Morgan fingerprint density at radius 3 is 2.78 bits per heavy atom. The molecule has 2 unspecified atom stereocenters. The Bertz CT molecular complexity index is 969. The molecule has 7 nitrogen and oxygen atoms in total. The van der Waals surface area contributed by atoms with Crippen molar-refractivity contribution in [2.45, 2.75) is 25.9 Å². The molecule has 1 aliphatic rings. The SMILES string of the molecule is Cc1ccc(N=NC2C(=O)NN(c3nc(-c4cccnc4)cs3)C2C)cc1. The summed E-state index contributed by atoms with van der Waals surface area (Å²) in [5.41, 5.74) is 6.50. The molecule has 4 rings (SSSR count). The van der Waals surface area contributed by atoms with Gasteiger partial charge >= 0.3 is 0 Å². The number of rotatable bonds is 4. The molecule has 2 aromatic heterocycles. The van der Waals surface area contributed by atoms with Gasteiger partial charge in [-0.2, -0.15) is 10.2 Å². The molecule has 1 aromatic carbocycles. The van der Waals surface area contributed by atoms with Crippen LogP contribution in [0.25, 0.3) is 11.3 Å². The van der Waals surface area contributed by atoms with E-state index in [-0.39, 0.29) is 11.9 Å². The molecule has 1 fully saturated rings. The summed E-state index contributed by atoms with van der Waals surface area (Å²) in [4.78, 5) is 21.1. The third-order valence-corrected chi connectivity index (χ3v) is 5.19. The Balaban J connectivity index is 1.52. The van der Waals surface area contributed by atoms with Crippen LogP contribution in [0.2, 0.25) is 0 Å². The highest BCUT2D eigenvalue weighted by Gasteiger charge is 2.39. The lowest BCUT2D eigenvalue weighted by Gasteiger charge is -2.19. The average Bonchev–Trinajstić information content (AvgIpc) is 3.27. The number of carbonyl (C=O) groups excluding carboxylic acids is 1. The van der Waals surface area contributed by atoms with Crippen LogP contribution >= 0.6 is 11.3 Å². The average molecular weight is 378 g/mol. The normalized spacial score (nSPS) is 19.6. The van der Waals surface area contributed by atoms with Crippen LogP contribution in [0.1, 0.15) is 12.5 Å². The van der Waals surface area contributed by atoms with Gasteiger partial charge in [0.05, 0.1) is 17.4 Å². The lowest BCUT2D eigenvalue weighted by Crippen LogP contribution is -2.37. The van der Waals surface area contributed by atoms with E-state index in [1.807, 2.05) is 55.6 Å². The molecule has 0 radical (unpaired) electrons. The van der Waals surface area contributed by atoms with Crippen molar-refractivity contribution in [1.29, 1.82) is 0 Å². The Kier molecular flexibility index (Phi) is 4.64. The van der Waals surface area contributed by atoms with Gasteiger partial charge in [0, 0.05) is 23.3 Å². The smallest absolute Gasteiger partial charge is 0.267 e. The molecule has 0 bridgehead atoms. The van der Waals surface area contributed by atoms with Gasteiger partial charge in [0.1, 0.15) is 0 Å². The number of aryl methyl sites for hydroxylation is 1. The fourth-order valence-electron chi connectivity index (χ4n) is 2.78. The molecule has 1 amide bonds. The summed E-state index contributed by atoms with van der Waals surface area (Å²) in [7, 11) is 0. The third-order valence-electron chi connectivity index (χ3n) is 4.35. The molecular weight excluding hydrogens is 360 g/mol. The number of benzene rings is 1. The van der Waals surface area contributed by atoms with Crippen molar-refractivity contribution < 1.29 is 4.79 Å². The lowest BCUT2D eigenvalue weighted by atomic mass is 10.2. The van der Waals surface area contributed by atoms with E-state index in [2.05, 4.69) is 25.6 Å². The predicted octanol–water partition coefficient (Wildman–Crippen LogP) is 3.91. The van der Waals surface area contributed by atoms with Crippen LogP contribution in [0.3, 0.4) is 0 Å². The van der Waals surface area contributed by atoms with Gasteiger partial charge in [-0.25, -0.2) is 4.98 Å². The topological polar surface area (TPSA) is 82.8 Å². The molecule has 136 valence electrons. The van der Waals surface area contributed by atoms with Gasteiger partial charge in [0.25, 0.3) is 5.91 Å². The summed E-state index contributed by atoms with van der Waals surface area (Å²) in [6.07, 6.45) is 3.49. The van der Waals surface area contributed by atoms with Crippen molar-refractivity contribution in [3.63, 3.8) is 0 Å². The number of azo groups is 1. The van der Waals surface area contributed by atoms with E-state index in [1.165, 1.54) is 11.3 Å². The molecule has 1 saturated heterocycles. The number of nitrogens with one attached hydrogen (secondary N) is 1. The van der Waals surface area contributed by atoms with Crippen LogP contribution in [-0.4, -0.2) is 28.0 Å². The second-order valence-electron chi connectivity index (χ2n) is 6.34. The van der Waals surface area contributed by atoms with Crippen LogP contribution in [-0.2, 0) is 4.79 Å². The fourth-order valence-corrected chi connectivity index (χ4v) is 3.66. The van der Waals surface area contributed by atoms with Crippen LogP contribution < -0.4 is 10.4 Å². The Labute approximate surface area is 160 Å². The number of nitrogens with zero attached hydrogens (tertiary/aromatic N) is 5. The van der Waals surface area contributed by atoms with Crippen molar-refractivity contribution in [2.75, 3.05) is 5.01 Å². The van der Waals surface area contributed by atoms with Crippen LogP contribution in [0, 0.1) is 6.92 Å². The highest BCUT2D eigenvalue weighted by atomic mass is 32.1.